The number of ether oxygens (including phenoxy) is 1. The van der Waals surface area contributed by atoms with Crippen LogP contribution < -0.4 is 10.6 Å². The number of carbonyl (C=O) groups excluding carboxylic acids is 1. The molecule has 86 valence electrons. The van der Waals surface area contributed by atoms with Gasteiger partial charge in [0.1, 0.15) is 6.34 Å². The molecule has 0 saturated heterocycles. The first-order valence-electron chi connectivity index (χ1n) is 4.69. The zero-order chi connectivity index (χ0) is 11.5. The Balaban J connectivity index is 3.66. The average molecular weight is 214 g/mol. The van der Waals surface area contributed by atoms with Crippen LogP contribution >= 0.6 is 0 Å². The van der Waals surface area contributed by atoms with Crippen LogP contribution in [0.5, 0.6) is 0 Å². The van der Waals surface area contributed by atoms with Crippen molar-refractivity contribution < 1.29 is 9.53 Å². The predicted octanol–water partition coefficient (Wildman–Crippen LogP) is -0.586. The van der Waals surface area contributed by atoms with Gasteiger partial charge in [-0.1, -0.05) is 0 Å². The van der Waals surface area contributed by atoms with Crippen molar-refractivity contribution in [1.29, 1.82) is 0 Å². The largest absolute Gasteiger partial charge is 0.383 e. The fourth-order valence-electron chi connectivity index (χ4n) is 0.727. The van der Waals surface area contributed by atoms with Gasteiger partial charge in [-0.3, -0.25) is 15.1 Å². The second-order valence-corrected chi connectivity index (χ2v) is 2.78. The molecule has 0 spiro atoms. The number of hydrogen-bond acceptors (Lipinski definition) is 4. The van der Waals surface area contributed by atoms with Crippen LogP contribution in [0, 0.1) is 0 Å². The zero-order valence-corrected chi connectivity index (χ0v) is 9.36. The van der Waals surface area contributed by atoms with Gasteiger partial charge < -0.3 is 10.1 Å². The van der Waals surface area contributed by atoms with Crippen LogP contribution in [-0.2, 0) is 9.53 Å². The van der Waals surface area contributed by atoms with Gasteiger partial charge in [0.25, 0.3) is 5.91 Å². The number of aliphatic imine (C=N–C) groups is 2. The van der Waals surface area contributed by atoms with Crippen molar-refractivity contribution in [3.63, 3.8) is 0 Å². The van der Waals surface area contributed by atoms with Gasteiger partial charge in [-0.2, -0.15) is 0 Å². The Morgan fingerprint density at radius 3 is 2.93 bits per heavy atom. The van der Waals surface area contributed by atoms with Gasteiger partial charge in [0.05, 0.1) is 19.0 Å². The third-order valence-corrected chi connectivity index (χ3v) is 1.54. The van der Waals surface area contributed by atoms with E-state index in [4.69, 9.17) is 4.74 Å². The molecule has 0 aliphatic carbocycles. The second-order valence-electron chi connectivity index (χ2n) is 2.78. The van der Waals surface area contributed by atoms with Gasteiger partial charge in [0.15, 0.2) is 0 Å². The maximum atomic E-state index is 10.7. The highest BCUT2D eigenvalue weighted by atomic mass is 16.5. The summed E-state index contributed by atoms with van der Waals surface area (Å²) in [5, 5.41) is 5.50. The van der Waals surface area contributed by atoms with Crippen LogP contribution in [0.4, 0.5) is 0 Å². The van der Waals surface area contributed by atoms with Crippen molar-refractivity contribution in [3.8, 4) is 0 Å². The zero-order valence-electron chi connectivity index (χ0n) is 9.36. The highest BCUT2D eigenvalue weighted by Gasteiger charge is 1.94. The van der Waals surface area contributed by atoms with Crippen molar-refractivity contribution in [3.05, 3.63) is 0 Å². The molecule has 0 aliphatic heterocycles. The van der Waals surface area contributed by atoms with Crippen molar-refractivity contribution >= 4 is 18.5 Å². The standard InChI is InChI=1S/C9H18N4O2/c1-8(12-4-5-15-3)13-7-11-6-9(14)10-2/h6-8,12H,4-5H2,1-3H3,(H,10,14)/b11-6+,13-7-. The third kappa shape index (κ3) is 9.04. The van der Waals surface area contributed by atoms with Gasteiger partial charge in [0, 0.05) is 20.7 Å². The number of amides is 1. The molecule has 1 unspecified atom stereocenters. The van der Waals surface area contributed by atoms with E-state index in [9.17, 15) is 4.79 Å². The molecule has 6 nitrogen and oxygen atoms in total. The van der Waals surface area contributed by atoms with Crippen molar-refractivity contribution in [2.24, 2.45) is 9.98 Å². The maximum Gasteiger partial charge on any atom is 0.262 e. The lowest BCUT2D eigenvalue weighted by Crippen LogP contribution is -2.27. The first-order valence-corrected chi connectivity index (χ1v) is 4.69. The van der Waals surface area contributed by atoms with E-state index in [2.05, 4.69) is 20.6 Å². The minimum Gasteiger partial charge on any atom is -0.383 e. The lowest BCUT2D eigenvalue weighted by Gasteiger charge is -2.06. The molecule has 0 saturated carbocycles. The Bertz CT molecular complexity index is 228. The van der Waals surface area contributed by atoms with E-state index in [1.807, 2.05) is 6.92 Å². The number of nitrogens with zero attached hydrogens (tertiary/aromatic N) is 2. The molecule has 0 fully saturated rings. The first kappa shape index (κ1) is 13.7. The van der Waals surface area contributed by atoms with E-state index < -0.39 is 0 Å². The smallest absolute Gasteiger partial charge is 0.262 e. The molecule has 2 N–H and O–H groups in total. The van der Waals surface area contributed by atoms with Crippen LogP contribution in [0.15, 0.2) is 9.98 Å². The summed E-state index contributed by atoms with van der Waals surface area (Å²) in [6.07, 6.45) is 2.48. The van der Waals surface area contributed by atoms with Gasteiger partial charge in [-0.05, 0) is 6.92 Å². The van der Waals surface area contributed by atoms with Crippen molar-refractivity contribution in [2.45, 2.75) is 13.1 Å². The van der Waals surface area contributed by atoms with Gasteiger partial charge in [0.2, 0.25) is 0 Å². The fraction of sp³-hybridized carbons (Fsp3) is 0.667. The van der Waals surface area contributed by atoms with E-state index in [-0.39, 0.29) is 12.1 Å². The summed E-state index contributed by atoms with van der Waals surface area (Å²) in [4.78, 5) is 18.5. The molecular weight excluding hydrogens is 196 g/mol. The highest BCUT2D eigenvalue weighted by molar-refractivity contribution is 6.27. The number of rotatable bonds is 7. The Morgan fingerprint density at radius 2 is 2.33 bits per heavy atom. The number of carbonyl (C=O) groups is 1. The van der Waals surface area contributed by atoms with Crippen LogP contribution in [0.1, 0.15) is 6.92 Å². The van der Waals surface area contributed by atoms with Crippen LogP contribution in [0.2, 0.25) is 0 Å². The number of hydrogen-bond donors (Lipinski definition) is 2. The summed E-state index contributed by atoms with van der Waals surface area (Å²) >= 11 is 0. The predicted molar refractivity (Wildman–Crippen MR) is 60.4 cm³/mol. The topological polar surface area (TPSA) is 75.1 Å². The molecule has 15 heavy (non-hydrogen) atoms. The van der Waals surface area contributed by atoms with Crippen LogP contribution in [0.3, 0.4) is 0 Å². The average Bonchev–Trinajstić information content (AvgIpc) is 2.24. The van der Waals surface area contributed by atoms with Gasteiger partial charge in [-0.15, -0.1) is 0 Å². The van der Waals surface area contributed by atoms with Gasteiger partial charge in [-0.25, -0.2) is 4.99 Å². The Kier molecular flexibility index (Phi) is 8.50. The molecule has 0 aliphatic rings. The quantitative estimate of drug-likeness (QED) is 0.338. The second kappa shape index (κ2) is 9.29. The fourth-order valence-corrected chi connectivity index (χ4v) is 0.727. The number of nitrogens with one attached hydrogen (secondary N) is 2. The summed E-state index contributed by atoms with van der Waals surface area (Å²) in [6.45, 7) is 3.26. The van der Waals surface area contributed by atoms with Crippen molar-refractivity contribution in [2.75, 3.05) is 27.3 Å². The van der Waals surface area contributed by atoms with E-state index in [0.29, 0.717) is 6.61 Å². The Morgan fingerprint density at radius 1 is 1.60 bits per heavy atom. The monoisotopic (exact) mass is 214 g/mol. The molecule has 1 atom stereocenters. The molecule has 0 bridgehead atoms. The molecule has 0 aromatic heterocycles. The van der Waals surface area contributed by atoms with E-state index >= 15 is 0 Å². The lowest BCUT2D eigenvalue weighted by atomic mass is 10.5. The highest BCUT2D eigenvalue weighted by Crippen LogP contribution is 1.81. The maximum absolute atomic E-state index is 10.7. The summed E-state index contributed by atoms with van der Waals surface area (Å²) in [7, 11) is 3.18. The summed E-state index contributed by atoms with van der Waals surface area (Å²) in [6, 6.07) is 0. The third-order valence-electron chi connectivity index (χ3n) is 1.54. The molecule has 0 aromatic rings. The Hall–Kier alpha value is -1.27. The summed E-state index contributed by atoms with van der Waals surface area (Å²) in [5.41, 5.74) is 0. The molecule has 0 radical (unpaired) electrons. The molecule has 6 heteroatoms. The van der Waals surface area contributed by atoms with Crippen LogP contribution in [-0.4, -0.2) is 51.9 Å². The number of methoxy groups -OCH3 is 1. The molecule has 0 heterocycles. The first-order chi connectivity index (χ1) is 7.20. The SMILES string of the molecule is CNC(=O)/C=N/C=N\C(C)NCCOC. The van der Waals surface area contributed by atoms with E-state index in [1.165, 1.54) is 12.6 Å². The molecular formula is C9H18N4O2. The normalized spacial score (nSPS) is 13.5. The Labute approximate surface area is 89.8 Å². The summed E-state index contributed by atoms with van der Waals surface area (Å²) in [5.74, 6) is -0.249. The lowest BCUT2D eigenvalue weighted by molar-refractivity contribution is -0.113. The van der Waals surface area contributed by atoms with Crippen molar-refractivity contribution in [1.82, 2.24) is 10.6 Å². The van der Waals surface area contributed by atoms with Crippen LogP contribution in [0.25, 0.3) is 0 Å². The van der Waals surface area contributed by atoms with E-state index in [0.717, 1.165) is 6.54 Å². The molecule has 0 aromatic carbocycles. The minimum absolute atomic E-state index is 0.0398. The molecule has 1 amide bonds. The minimum atomic E-state index is -0.249. The summed E-state index contributed by atoms with van der Waals surface area (Å²) < 4.78 is 4.87. The van der Waals surface area contributed by atoms with Gasteiger partial charge >= 0.3 is 0 Å². The van der Waals surface area contributed by atoms with E-state index in [1.54, 1.807) is 14.2 Å². The molecule has 0 rings (SSSR count).